The molecule has 1 atom stereocenters. The highest BCUT2D eigenvalue weighted by Crippen LogP contribution is 2.24. The molecule has 5 heteroatoms. The monoisotopic (exact) mass is 298 g/mol. The van der Waals surface area contributed by atoms with Crippen LogP contribution in [0, 0.1) is 5.92 Å². The second-order valence-corrected chi connectivity index (χ2v) is 5.69. The first kappa shape index (κ1) is 13.2. The van der Waals surface area contributed by atoms with Gasteiger partial charge in [0.15, 0.2) is 0 Å². The first-order chi connectivity index (χ1) is 9.28. The predicted octanol–water partition coefficient (Wildman–Crippen LogP) is 3.86. The Morgan fingerprint density at radius 3 is 3.05 bits per heavy atom. The molecule has 3 nitrogen and oxygen atoms in total. The number of alkyl halides is 1. The predicted molar refractivity (Wildman–Crippen MR) is 77.8 cm³/mol. The molecule has 0 spiro atoms. The molecule has 102 valence electrons. The van der Waals surface area contributed by atoms with Gasteiger partial charge in [0.2, 0.25) is 0 Å². The summed E-state index contributed by atoms with van der Waals surface area (Å²) >= 11 is 12.1. The first-order valence-electron chi connectivity index (χ1n) is 6.56. The lowest BCUT2D eigenvalue weighted by Gasteiger charge is -2.23. The van der Waals surface area contributed by atoms with Gasteiger partial charge in [-0.15, -0.1) is 11.6 Å². The third-order valence-corrected chi connectivity index (χ3v) is 4.08. The minimum atomic E-state index is 0.417. The lowest BCUT2D eigenvalue weighted by Crippen LogP contribution is -2.22. The summed E-state index contributed by atoms with van der Waals surface area (Å²) in [7, 11) is 0. The van der Waals surface area contributed by atoms with Gasteiger partial charge in [0.25, 0.3) is 0 Å². The van der Waals surface area contributed by atoms with Gasteiger partial charge in [0, 0.05) is 24.1 Å². The van der Waals surface area contributed by atoms with Crippen LogP contribution in [0.1, 0.15) is 18.7 Å². The molecule has 0 amide bonds. The third kappa shape index (κ3) is 2.73. The van der Waals surface area contributed by atoms with Crippen LogP contribution in [-0.2, 0) is 17.2 Å². The Labute approximate surface area is 122 Å². The summed E-state index contributed by atoms with van der Waals surface area (Å²) in [5, 5.41) is 0.731. The molecular weight excluding hydrogens is 283 g/mol. The molecule has 1 fully saturated rings. The zero-order valence-electron chi connectivity index (χ0n) is 10.6. The second-order valence-electron chi connectivity index (χ2n) is 4.99. The maximum Gasteiger partial charge on any atom is 0.124 e. The van der Waals surface area contributed by atoms with E-state index < -0.39 is 0 Å². The molecule has 0 saturated carbocycles. The molecule has 1 aliphatic heterocycles. The van der Waals surface area contributed by atoms with E-state index in [0.29, 0.717) is 11.8 Å². The van der Waals surface area contributed by atoms with Crippen molar-refractivity contribution in [1.29, 1.82) is 0 Å². The lowest BCUT2D eigenvalue weighted by molar-refractivity contribution is 0.0485. The van der Waals surface area contributed by atoms with Crippen molar-refractivity contribution in [3.63, 3.8) is 0 Å². The molecule has 1 aliphatic rings. The first-order valence-corrected chi connectivity index (χ1v) is 7.47. The minimum Gasteiger partial charge on any atom is -0.381 e. The van der Waals surface area contributed by atoms with Crippen LogP contribution >= 0.6 is 23.2 Å². The van der Waals surface area contributed by atoms with Gasteiger partial charge in [-0.2, -0.15) is 0 Å². The average molecular weight is 299 g/mol. The van der Waals surface area contributed by atoms with Crippen LogP contribution in [0.4, 0.5) is 0 Å². The molecule has 0 radical (unpaired) electrons. The molecule has 1 aromatic heterocycles. The van der Waals surface area contributed by atoms with E-state index in [9.17, 15) is 0 Å². The average Bonchev–Trinajstić information content (AvgIpc) is 2.78. The molecule has 0 N–H and O–H groups in total. The van der Waals surface area contributed by atoms with E-state index in [-0.39, 0.29) is 0 Å². The maximum absolute atomic E-state index is 6.09. The molecule has 0 bridgehead atoms. The Kier molecular flexibility index (Phi) is 3.96. The third-order valence-electron chi connectivity index (χ3n) is 3.60. The molecular formula is C14H16Cl2N2O. The van der Waals surface area contributed by atoms with Gasteiger partial charge in [-0.1, -0.05) is 11.6 Å². The van der Waals surface area contributed by atoms with E-state index in [4.69, 9.17) is 27.9 Å². The van der Waals surface area contributed by atoms with E-state index in [1.165, 1.54) is 6.42 Å². The fourth-order valence-corrected chi connectivity index (χ4v) is 3.03. The molecule has 2 heterocycles. The summed E-state index contributed by atoms with van der Waals surface area (Å²) < 4.78 is 7.74. The molecule has 3 rings (SSSR count). The van der Waals surface area contributed by atoms with E-state index >= 15 is 0 Å². The molecule has 1 saturated heterocycles. The SMILES string of the molecule is ClCc1nc2ccc(Cl)cc2n1CC1CCCOC1. The smallest absolute Gasteiger partial charge is 0.124 e. The van der Waals surface area contributed by atoms with Crippen LogP contribution in [-0.4, -0.2) is 22.8 Å². The van der Waals surface area contributed by atoms with E-state index in [1.54, 1.807) is 0 Å². The number of nitrogens with zero attached hydrogens (tertiary/aromatic N) is 2. The van der Waals surface area contributed by atoms with E-state index in [1.807, 2.05) is 18.2 Å². The molecule has 1 aromatic carbocycles. The summed E-state index contributed by atoms with van der Waals surface area (Å²) in [5.41, 5.74) is 2.02. The normalized spacial score (nSPS) is 20.0. The van der Waals surface area contributed by atoms with Crippen molar-refractivity contribution in [2.45, 2.75) is 25.3 Å². The summed E-state index contributed by atoms with van der Waals surface area (Å²) in [4.78, 5) is 4.57. The zero-order chi connectivity index (χ0) is 13.2. The van der Waals surface area contributed by atoms with Crippen molar-refractivity contribution < 1.29 is 4.74 Å². The van der Waals surface area contributed by atoms with Crippen molar-refractivity contribution in [3.8, 4) is 0 Å². The van der Waals surface area contributed by atoms with Gasteiger partial charge < -0.3 is 9.30 Å². The van der Waals surface area contributed by atoms with Gasteiger partial charge in [-0.25, -0.2) is 4.98 Å². The Morgan fingerprint density at radius 1 is 1.42 bits per heavy atom. The van der Waals surface area contributed by atoms with Gasteiger partial charge in [-0.3, -0.25) is 0 Å². The molecule has 19 heavy (non-hydrogen) atoms. The van der Waals surface area contributed by atoms with Crippen molar-refractivity contribution in [1.82, 2.24) is 9.55 Å². The van der Waals surface area contributed by atoms with E-state index in [0.717, 1.165) is 48.1 Å². The second kappa shape index (κ2) is 5.70. The Balaban J connectivity index is 1.97. The number of hydrogen-bond donors (Lipinski definition) is 0. The summed E-state index contributed by atoms with van der Waals surface area (Å²) in [6.45, 7) is 2.61. The van der Waals surface area contributed by atoms with Crippen molar-refractivity contribution in [3.05, 3.63) is 29.0 Å². The molecule has 1 unspecified atom stereocenters. The number of fused-ring (bicyclic) bond motifs is 1. The Bertz CT molecular complexity index is 576. The van der Waals surface area contributed by atoms with Crippen LogP contribution < -0.4 is 0 Å². The van der Waals surface area contributed by atoms with Crippen molar-refractivity contribution >= 4 is 34.2 Å². The fraction of sp³-hybridized carbons (Fsp3) is 0.500. The van der Waals surface area contributed by atoms with Crippen molar-refractivity contribution in [2.24, 2.45) is 5.92 Å². The summed E-state index contributed by atoms with van der Waals surface area (Å²) in [6.07, 6.45) is 2.33. The fourth-order valence-electron chi connectivity index (χ4n) is 2.66. The van der Waals surface area contributed by atoms with Crippen LogP contribution in [0.25, 0.3) is 11.0 Å². The number of aromatic nitrogens is 2. The highest BCUT2D eigenvalue weighted by Gasteiger charge is 2.18. The number of imidazole rings is 1. The Hall–Kier alpha value is -0.770. The number of benzene rings is 1. The van der Waals surface area contributed by atoms with Gasteiger partial charge in [0.05, 0.1) is 23.5 Å². The number of halogens is 2. The standard InChI is InChI=1S/C14H16Cl2N2O/c15-7-14-17-12-4-3-11(16)6-13(12)18(14)8-10-2-1-5-19-9-10/h3-4,6,10H,1-2,5,7-9H2. The highest BCUT2D eigenvalue weighted by molar-refractivity contribution is 6.31. The summed E-state index contributed by atoms with van der Waals surface area (Å²) in [6, 6.07) is 5.77. The quantitative estimate of drug-likeness (QED) is 0.805. The van der Waals surface area contributed by atoms with Gasteiger partial charge >= 0.3 is 0 Å². The van der Waals surface area contributed by atoms with Crippen LogP contribution in [0.3, 0.4) is 0 Å². The van der Waals surface area contributed by atoms with Crippen LogP contribution in [0.15, 0.2) is 18.2 Å². The van der Waals surface area contributed by atoms with E-state index in [2.05, 4.69) is 9.55 Å². The largest absolute Gasteiger partial charge is 0.381 e. The lowest BCUT2D eigenvalue weighted by atomic mass is 10.0. The van der Waals surface area contributed by atoms with Crippen LogP contribution in [0.2, 0.25) is 5.02 Å². The van der Waals surface area contributed by atoms with Crippen LogP contribution in [0.5, 0.6) is 0 Å². The van der Waals surface area contributed by atoms with Gasteiger partial charge in [-0.05, 0) is 31.0 Å². The topological polar surface area (TPSA) is 27.1 Å². The maximum atomic E-state index is 6.09. The number of ether oxygens (including phenoxy) is 1. The van der Waals surface area contributed by atoms with Gasteiger partial charge in [0.1, 0.15) is 5.82 Å². The number of hydrogen-bond acceptors (Lipinski definition) is 2. The Morgan fingerprint density at radius 2 is 2.32 bits per heavy atom. The van der Waals surface area contributed by atoms with Crippen molar-refractivity contribution in [2.75, 3.05) is 13.2 Å². The zero-order valence-corrected chi connectivity index (χ0v) is 12.1. The summed E-state index contributed by atoms with van der Waals surface area (Å²) in [5.74, 6) is 1.86. The molecule has 2 aromatic rings. The molecule has 0 aliphatic carbocycles. The highest BCUT2D eigenvalue weighted by atomic mass is 35.5. The number of rotatable bonds is 3. The minimum absolute atomic E-state index is 0.417.